The van der Waals surface area contributed by atoms with E-state index < -0.39 is 5.92 Å². The molecule has 0 bridgehead atoms. The highest BCUT2D eigenvalue weighted by atomic mass is 79.9. The molecular weight excluding hydrogens is 316 g/mol. The molecule has 0 heterocycles. The third-order valence-electron chi connectivity index (χ3n) is 3.42. The zero-order valence-corrected chi connectivity index (χ0v) is 13.5. The number of carbonyl (C=O) groups excluding carboxylic acids is 1. The van der Waals surface area contributed by atoms with Gasteiger partial charge in [-0.1, -0.05) is 36.7 Å². The molecule has 0 spiro atoms. The van der Waals surface area contributed by atoms with Crippen LogP contribution in [0.1, 0.15) is 52.9 Å². The van der Waals surface area contributed by atoms with Gasteiger partial charge in [-0.15, -0.1) is 0 Å². The average Bonchev–Trinajstić information content (AvgIpc) is 2.23. The number of alkyl halides is 3. The second-order valence-electron chi connectivity index (χ2n) is 6.74. The Bertz CT molecular complexity index is 305. The second-order valence-corrected chi connectivity index (χ2v) is 8.03. The largest absolute Gasteiger partial charge is 0.355 e. The molecule has 1 amide bonds. The predicted molar refractivity (Wildman–Crippen MR) is 76.7 cm³/mol. The van der Waals surface area contributed by atoms with Crippen molar-refractivity contribution < 1.29 is 13.6 Å². The van der Waals surface area contributed by atoms with Crippen LogP contribution in [-0.4, -0.2) is 23.2 Å². The minimum absolute atomic E-state index is 0.0751. The summed E-state index contributed by atoms with van der Waals surface area (Å²) >= 11 is 3.55. The smallest absolute Gasteiger partial charge is 0.248 e. The van der Waals surface area contributed by atoms with Crippen molar-refractivity contribution in [1.82, 2.24) is 5.32 Å². The molecule has 0 aromatic rings. The molecule has 1 aliphatic carbocycles. The van der Waals surface area contributed by atoms with Crippen molar-refractivity contribution in [2.24, 2.45) is 11.3 Å². The molecule has 0 aromatic carbocycles. The van der Waals surface area contributed by atoms with Gasteiger partial charge in [0.25, 0.3) is 0 Å². The number of nitrogens with one attached hydrogen (secondary N) is 1. The topological polar surface area (TPSA) is 29.1 Å². The summed E-state index contributed by atoms with van der Waals surface area (Å²) in [6.07, 6.45) is 1.22. The molecule has 112 valence electrons. The summed E-state index contributed by atoms with van der Waals surface area (Å²) in [7, 11) is 0. The van der Waals surface area contributed by atoms with Gasteiger partial charge in [-0.2, -0.15) is 0 Å². The van der Waals surface area contributed by atoms with Gasteiger partial charge in [0.2, 0.25) is 11.8 Å². The van der Waals surface area contributed by atoms with Gasteiger partial charge in [0.1, 0.15) is 0 Å². The molecule has 0 radical (unpaired) electrons. The van der Waals surface area contributed by atoms with Gasteiger partial charge in [0.05, 0.1) is 0 Å². The molecule has 1 fully saturated rings. The Labute approximate surface area is 122 Å². The molecule has 1 rings (SSSR count). The van der Waals surface area contributed by atoms with Gasteiger partial charge in [-0.25, -0.2) is 8.78 Å². The lowest BCUT2D eigenvalue weighted by Gasteiger charge is -2.28. The second kappa shape index (κ2) is 6.51. The van der Waals surface area contributed by atoms with Crippen LogP contribution >= 0.6 is 15.9 Å². The third-order valence-corrected chi connectivity index (χ3v) is 4.07. The molecule has 1 N–H and O–H groups in total. The van der Waals surface area contributed by atoms with Crippen LogP contribution < -0.4 is 5.32 Å². The van der Waals surface area contributed by atoms with Crippen LogP contribution in [0.5, 0.6) is 0 Å². The van der Waals surface area contributed by atoms with Crippen molar-refractivity contribution in [3.8, 4) is 0 Å². The first-order valence-electron chi connectivity index (χ1n) is 6.89. The standard InChI is InChI=1S/C14H24BrF2NO/c1-13(2,3)8-11(15)9-18-12(19)10-4-6-14(16,17)7-5-10/h10-11H,4-9H2,1-3H3,(H,18,19). The lowest BCUT2D eigenvalue weighted by atomic mass is 9.86. The molecule has 0 saturated heterocycles. The fourth-order valence-corrected chi connectivity index (χ4v) is 3.53. The van der Waals surface area contributed by atoms with E-state index in [2.05, 4.69) is 42.0 Å². The van der Waals surface area contributed by atoms with Gasteiger partial charge >= 0.3 is 0 Å². The summed E-state index contributed by atoms with van der Waals surface area (Å²) in [5.74, 6) is -2.89. The van der Waals surface area contributed by atoms with Crippen molar-refractivity contribution in [2.75, 3.05) is 6.54 Å². The number of rotatable bonds is 4. The van der Waals surface area contributed by atoms with Crippen molar-refractivity contribution in [3.63, 3.8) is 0 Å². The molecular formula is C14H24BrF2NO. The van der Waals surface area contributed by atoms with Crippen molar-refractivity contribution in [2.45, 2.75) is 63.6 Å². The number of halogens is 3. The zero-order valence-electron chi connectivity index (χ0n) is 11.9. The summed E-state index contributed by atoms with van der Waals surface area (Å²) in [4.78, 5) is 12.1. The maximum absolute atomic E-state index is 13.0. The molecule has 0 aliphatic heterocycles. The SMILES string of the molecule is CC(C)(C)CC(Br)CNC(=O)C1CCC(F)(F)CC1. The van der Waals surface area contributed by atoms with Gasteiger partial charge in [-0.05, 0) is 24.7 Å². The molecule has 19 heavy (non-hydrogen) atoms. The summed E-state index contributed by atoms with van der Waals surface area (Å²) < 4.78 is 26.0. The van der Waals surface area contributed by atoms with E-state index in [0.29, 0.717) is 19.4 Å². The van der Waals surface area contributed by atoms with Crippen LogP contribution in [0.25, 0.3) is 0 Å². The highest BCUT2D eigenvalue weighted by Crippen LogP contribution is 2.36. The molecule has 5 heteroatoms. The molecule has 0 aromatic heterocycles. The molecule has 1 saturated carbocycles. The maximum Gasteiger partial charge on any atom is 0.248 e. The van der Waals surface area contributed by atoms with Crippen LogP contribution in [0.15, 0.2) is 0 Å². The lowest BCUT2D eigenvalue weighted by molar-refractivity contribution is -0.129. The fourth-order valence-electron chi connectivity index (χ4n) is 2.39. The Kier molecular flexibility index (Phi) is 5.78. The van der Waals surface area contributed by atoms with Crippen molar-refractivity contribution in [3.05, 3.63) is 0 Å². The van der Waals surface area contributed by atoms with E-state index in [1.165, 1.54) is 0 Å². The van der Waals surface area contributed by atoms with Gasteiger partial charge in [-0.3, -0.25) is 4.79 Å². The van der Waals surface area contributed by atoms with Crippen molar-refractivity contribution >= 4 is 21.8 Å². The van der Waals surface area contributed by atoms with Crippen LogP contribution in [0.2, 0.25) is 0 Å². The van der Waals surface area contributed by atoms with E-state index in [9.17, 15) is 13.6 Å². The monoisotopic (exact) mass is 339 g/mol. The summed E-state index contributed by atoms with van der Waals surface area (Å²) in [6, 6.07) is 0. The normalized spacial score (nSPS) is 22.0. The van der Waals surface area contributed by atoms with Gasteiger partial charge in [0.15, 0.2) is 0 Å². The summed E-state index contributed by atoms with van der Waals surface area (Å²) in [5, 5.41) is 2.87. The Morgan fingerprint density at radius 3 is 2.37 bits per heavy atom. The van der Waals surface area contributed by atoms with E-state index in [-0.39, 0.29) is 34.9 Å². The van der Waals surface area contributed by atoms with Crippen LogP contribution in [0.3, 0.4) is 0 Å². The lowest BCUT2D eigenvalue weighted by Crippen LogP contribution is -2.38. The number of carbonyl (C=O) groups is 1. The summed E-state index contributed by atoms with van der Waals surface area (Å²) in [6.45, 7) is 6.99. The summed E-state index contributed by atoms with van der Waals surface area (Å²) in [5.41, 5.74) is 0.200. The Morgan fingerprint density at radius 1 is 1.37 bits per heavy atom. The van der Waals surface area contributed by atoms with E-state index in [1.54, 1.807) is 0 Å². The predicted octanol–water partition coefficient (Wildman–Crippen LogP) is 4.13. The number of hydrogen-bond acceptors (Lipinski definition) is 1. The Hall–Kier alpha value is -0.190. The first-order valence-corrected chi connectivity index (χ1v) is 7.80. The van der Waals surface area contributed by atoms with Crippen LogP contribution in [0, 0.1) is 11.3 Å². The van der Waals surface area contributed by atoms with Crippen LogP contribution in [-0.2, 0) is 4.79 Å². The van der Waals surface area contributed by atoms with E-state index >= 15 is 0 Å². The quantitative estimate of drug-likeness (QED) is 0.766. The number of hydrogen-bond donors (Lipinski definition) is 1. The molecule has 1 atom stereocenters. The van der Waals surface area contributed by atoms with E-state index in [1.807, 2.05) is 0 Å². The van der Waals surface area contributed by atoms with Gasteiger partial charge in [0, 0.05) is 30.1 Å². The highest BCUT2D eigenvalue weighted by molar-refractivity contribution is 9.09. The average molecular weight is 340 g/mol. The van der Waals surface area contributed by atoms with Crippen LogP contribution in [0.4, 0.5) is 8.78 Å². The maximum atomic E-state index is 13.0. The Morgan fingerprint density at radius 2 is 1.89 bits per heavy atom. The molecule has 1 unspecified atom stereocenters. The Balaban J connectivity index is 2.29. The first kappa shape index (κ1) is 16.9. The number of amides is 1. The highest BCUT2D eigenvalue weighted by Gasteiger charge is 2.37. The third kappa shape index (κ3) is 6.68. The minimum Gasteiger partial charge on any atom is -0.355 e. The first-order chi connectivity index (χ1) is 8.59. The van der Waals surface area contributed by atoms with E-state index in [4.69, 9.17) is 0 Å². The van der Waals surface area contributed by atoms with Gasteiger partial charge < -0.3 is 5.32 Å². The van der Waals surface area contributed by atoms with Crippen molar-refractivity contribution in [1.29, 1.82) is 0 Å². The molecule has 1 aliphatic rings. The van der Waals surface area contributed by atoms with E-state index in [0.717, 1.165) is 6.42 Å². The molecule has 2 nitrogen and oxygen atoms in total. The zero-order chi connectivity index (χ0) is 14.7. The minimum atomic E-state index is -2.57. The fraction of sp³-hybridized carbons (Fsp3) is 0.929.